The van der Waals surface area contributed by atoms with Crippen molar-refractivity contribution in [3.8, 4) is 11.3 Å². The highest BCUT2D eigenvalue weighted by Crippen LogP contribution is 2.34. The third-order valence-corrected chi connectivity index (χ3v) is 7.51. The quantitative estimate of drug-likeness (QED) is 0.393. The van der Waals surface area contributed by atoms with Gasteiger partial charge in [-0.15, -0.1) is 0 Å². The molecule has 212 valence electrons. The molecule has 1 aliphatic heterocycles. The van der Waals surface area contributed by atoms with Crippen LogP contribution in [0.5, 0.6) is 0 Å². The van der Waals surface area contributed by atoms with E-state index in [1.54, 1.807) is 48.8 Å². The molecule has 1 unspecified atom stereocenters. The minimum absolute atomic E-state index is 0.0110. The van der Waals surface area contributed by atoms with Crippen LogP contribution in [0, 0.1) is 5.82 Å². The van der Waals surface area contributed by atoms with Gasteiger partial charge in [0.15, 0.2) is 6.29 Å². The van der Waals surface area contributed by atoms with E-state index in [9.17, 15) is 22.7 Å². The molecule has 1 aliphatic rings. The maximum atomic E-state index is 13.8. The van der Waals surface area contributed by atoms with Gasteiger partial charge in [0, 0.05) is 42.6 Å². The Morgan fingerprint density at radius 3 is 2.52 bits per heavy atom. The zero-order valence-electron chi connectivity index (χ0n) is 22.6. The van der Waals surface area contributed by atoms with Crippen LogP contribution in [-0.4, -0.2) is 60.0 Å². The second-order valence-corrected chi connectivity index (χ2v) is 11.8. The number of pyridine rings is 1. The number of aromatic nitrogens is 3. The van der Waals surface area contributed by atoms with E-state index in [-0.39, 0.29) is 24.7 Å². The van der Waals surface area contributed by atoms with Gasteiger partial charge in [0.1, 0.15) is 5.82 Å². The fourth-order valence-electron chi connectivity index (χ4n) is 4.26. The normalized spacial score (nSPS) is 19.7. The van der Waals surface area contributed by atoms with Crippen LogP contribution in [-0.2, 0) is 24.3 Å². The Kier molecular flexibility index (Phi) is 8.92. The van der Waals surface area contributed by atoms with Gasteiger partial charge in [-0.25, -0.2) is 27.1 Å². The molecular weight excluding hydrogens is 539 g/mol. The molecule has 40 heavy (non-hydrogen) atoms. The highest BCUT2D eigenvalue weighted by molar-refractivity contribution is 7.92. The van der Waals surface area contributed by atoms with Crippen molar-refractivity contribution in [3.05, 3.63) is 77.5 Å². The molecule has 0 saturated carbocycles. The van der Waals surface area contributed by atoms with Gasteiger partial charge in [-0.1, -0.05) is 32.1 Å². The van der Waals surface area contributed by atoms with Crippen LogP contribution in [0.15, 0.2) is 54.9 Å². The van der Waals surface area contributed by atoms with E-state index in [1.807, 2.05) is 13.8 Å². The molecule has 1 fully saturated rings. The van der Waals surface area contributed by atoms with Gasteiger partial charge in [-0.05, 0) is 36.2 Å². The van der Waals surface area contributed by atoms with Crippen molar-refractivity contribution in [2.75, 3.05) is 17.6 Å². The molecule has 0 radical (unpaired) electrons. The Morgan fingerprint density at radius 2 is 1.93 bits per heavy atom. The van der Waals surface area contributed by atoms with E-state index in [2.05, 4.69) is 15.0 Å². The summed E-state index contributed by atoms with van der Waals surface area (Å²) >= 11 is 0. The van der Waals surface area contributed by atoms with Crippen LogP contribution in [0.2, 0.25) is 0 Å². The van der Waals surface area contributed by atoms with Crippen LogP contribution < -0.4 is 4.31 Å². The lowest BCUT2D eigenvalue weighted by Crippen LogP contribution is -2.34. The number of carboxylic acids is 1. The molecule has 3 atom stereocenters. The number of anilines is 1. The molecule has 4 rings (SSSR count). The van der Waals surface area contributed by atoms with Crippen molar-refractivity contribution in [1.82, 2.24) is 15.0 Å². The Hall–Kier alpha value is -3.74. The molecule has 0 amide bonds. The summed E-state index contributed by atoms with van der Waals surface area (Å²) in [6.07, 6.45) is 6.00. The average molecular weight is 571 g/mol. The zero-order valence-corrected chi connectivity index (χ0v) is 23.4. The Labute approximate surface area is 232 Å². The van der Waals surface area contributed by atoms with Crippen LogP contribution in [0.3, 0.4) is 0 Å². The second kappa shape index (κ2) is 12.2. The number of carbonyl (C=O) groups is 1. The molecule has 1 saturated heterocycles. The summed E-state index contributed by atoms with van der Waals surface area (Å²) in [5, 5.41) is 9.38. The first-order valence-electron chi connectivity index (χ1n) is 12.6. The summed E-state index contributed by atoms with van der Waals surface area (Å²) in [4.78, 5) is 24.7. The van der Waals surface area contributed by atoms with E-state index >= 15 is 0 Å². The summed E-state index contributed by atoms with van der Waals surface area (Å²) in [5.41, 5.74) is 2.82. The predicted octanol–water partition coefficient (Wildman–Crippen LogP) is 4.56. The Bertz CT molecular complexity index is 1480. The Morgan fingerprint density at radius 1 is 1.20 bits per heavy atom. The van der Waals surface area contributed by atoms with Crippen molar-refractivity contribution in [1.29, 1.82) is 0 Å². The molecule has 1 N–H and O–H groups in total. The summed E-state index contributed by atoms with van der Waals surface area (Å²) in [6, 6.07) is 9.26. The number of ether oxygens (including phenoxy) is 2. The molecule has 0 bridgehead atoms. The van der Waals surface area contributed by atoms with Gasteiger partial charge in [-0.2, -0.15) is 0 Å². The number of rotatable bonds is 9. The average Bonchev–Trinajstić information content (AvgIpc) is 2.91. The number of carboxylic acid groups (broad SMARTS) is 1. The first kappa shape index (κ1) is 29.2. The van der Waals surface area contributed by atoms with Gasteiger partial charge >= 0.3 is 5.97 Å². The first-order valence-corrected chi connectivity index (χ1v) is 14.5. The molecule has 0 spiro atoms. The molecule has 2 aromatic heterocycles. The minimum Gasteiger partial charge on any atom is -0.481 e. The third kappa shape index (κ3) is 7.06. The number of benzene rings is 1. The predicted molar refractivity (Wildman–Crippen MR) is 147 cm³/mol. The summed E-state index contributed by atoms with van der Waals surface area (Å²) < 4.78 is 51.4. The number of nitrogens with zero attached hydrogens (tertiary/aromatic N) is 4. The van der Waals surface area contributed by atoms with Crippen LogP contribution in [0.25, 0.3) is 17.3 Å². The summed E-state index contributed by atoms with van der Waals surface area (Å²) in [5.74, 6) is -1.55. The van der Waals surface area contributed by atoms with Gasteiger partial charge < -0.3 is 14.6 Å². The van der Waals surface area contributed by atoms with Crippen molar-refractivity contribution in [2.45, 2.75) is 51.1 Å². The lowest BCUT2D eigenvalue weighted by Gasteiger charge is -2.34. The van der Waals surface area contributed by atoms with Crippen molar-refractivity contribution < 1.29 is 32.2 Å². The monoisotopic (exact) mass is 570 g/mol. The van der Waals surface area contributed by atoms with E-state index in [0.29, 0.717) is 28.1 Å². The maximum Gasteiger partial charge on any atom is 0.305 e. The maximum absolute atomic E-state index is 13.8. The second-order valence-electron chi connectivity index (χ2n) is 9.81. The smallest absolute Gasteiger partial charge is 0.305 e. The topological polar surface area (TPSA) is 132 Å². The Balaban J connectivity index is 1.79. The molecule has 12 heteroatoms. The van der Waals surface area contributed by atoms with E-state index in [0.717, 1.165) is 10.6 Å². The fraction of sp³-hybridized carbons (Fsp3) is 0.357. The van der Waals surface area contributed by atoms with E-state index in [4.69, 9.17) is 9.47 Å². The summed E-state index contributed by atoms with van der Waals surface area (Å²) in [6.45, 7) is 3.84. The summed E-state index contributed by atoms with van der Waals surface area (Å²) in [7, 11) is -2.28. The number of aliphatic carboxylic acids is 1. The number of sulfonamides is 1. The lowest BCUT2D eigenvalue weighted by atomic mass is 9.97. The highest BCUT2D eigenvalue weighted by atomic mass is 32.2. The zero-order chi connectivity index (χ0) is 29.0. The van der Waals surface area contributed by atoms with Gasteiger partial charge in [0.2, 0.25) is 16.0 Å². The van der Waals surface area contributed by atoms with Crippen molar-refractivity contribution in [2.24, 2.45) is 0 Å². The molecule has 3 aromatic rings. The molecule has 0 aliphatic carbocycles. The molecule has 3 heterocycles. The number of halogens is 1. The van der Waals surface area contributed by atoms with Gasteiger partial charge in [0.05, 0.1) is 36.3 Å². The molecule has 10 nitrogen and oxygen atoms in total. The lowest BCUT2D eigenvalue weighted by molar-refractivity contribution is -0.238. The van der Waals surface area contributed by atoms with Crippen LogP contribution in [0.1, 0.15) is 55.7 Å². The van der Waals surface area contributed by atoms with Gasteiger partial charge in [-0.3, -0.25) is 9.78 Å². The first-order chi connectivity index (χ1) is 18.9. The van der Waals surface area contributed by atoms with Crippen molar-refractivity contribution >= 4 is 28.0 Å². The molecular formula is C28H31FN4O6S. The highest BCUT2D eigenvalue weighted by Gasteiger charge is 2.32. The number of hydrogen-bond acceptors (Lipinski definition) is 8. The fourth-order valence-corrected chi connectivity index (χ4v) is 4.64. The minimum atomic E-state index is -3.65. The number of hydrogen-bond donors (Lipinski definition) is 1. The standard InChI is InChI=1S/C28H31FN4O6S/c1-17(2)25-23(26(18-7-9-20(29)10-8-18)32-28(31-25)33(3)40(4,36)37)12-11-21-14-22(15-24(34)35)39-27(38-21)19-6-5-13-30-16-19/h5-13,16-17,21-22,27H,14-15H2,1-4H3,(H,34,35)/b12-11+/t21-,22-,27?/m1/s1. The van der Waals surface area contributed by atoms with E-state index in [1.165, 1.54) is 19.2 Å². The SMILES string of the molecule is CC(C)c1nc(N(C)S(C)(=O)=O)nc(-c2ccc(F)cc2)c1/C=C/[C@@H]1C[C@H](CC(=O)O)OC(c2cccnc2)O1. The molecule has 1 aromatic carbocycles. The third-order valence-electron chi connectivity index (χ3n) is 6.35. The van der Waals surface area contributed by atoms with Gasteiger partial charge in [0.25, 0.3) is 0 Å². The van der Waals surface area contributed by atoms with Crippen LogP contribution >= 0.6 is 0 Å². The largest absolute Gasteiger partial charge is 0.481 e. The van der Waals surface area contributed by atoms with E-state index < -0.39 is 40.3 Å². The van der Waals surface area contributed by atoms with Crippen molar-refractivity contribution in [3.63, 3.8) is 0 Å². The van der Waals surface area contributed by atoms with Crippen LogP contribution in [0.4, 0.5) is 10.3 Å².